The second-order valence-electron chi connectivity index (χ2n) is 7.98. The highest BCUT2D eigenvalue weighted by Gasteiger charge is 2.28. The van der Waals surface area contributed by atoms with Crippen molar-refractivity contribution in [3.63, 3.8) is 0 Å². The van der Waals surface area contributed by atoms with Gasteiger partial charge in [-0.05, 0) is 51.3 Å². The number of carbonyl (C=O) groups excluding carboxylic acids is 1. The lowest BCUT2D eigenvalue weighted by atomic mass is 9.95. The van der Waals surface area contributed by atoms with Crippen LogP contribution in [-0.2, 0) is 4.79 Å². The third-order valence-corrected chi connectivity index (χ3v) is 5.87. The predicted molar refractivity (Wildman–Crippen MR) is 105 cm³/mol. The van der Waals surface area contributed by atoms with Crippen molar-refractivity contribution in [2.75, 3.05) is 52.9 Å². The SMILES string of the molecule is Cc1ccccc1OCC(=O)N1CCC(CN2CCN(C)C[C@@H]2C)CC1. The number of benzene rings is 1. The molecule has 0 N–H and O–H groups in total. The van der Waals surface area contributed by atoms with Crippen molar-refractivity contribution >= 4 is 5.91 Å². The average molecular weight is 360 g/mol. The van der Waals surface area contributed by atoms with Crippen LogP contribution in [0.2, 0.25) is 0 Å². The Labute approximate surface area is 157 Å². The highest BCUT2D eigenvalue weighted by Crippen LogP contribution is 2.21. The number of hydrogen-bond donors (Lipinski definition) is 0. The summed E-state index contributed by atoms with van der Waals surface area (Å²) in [6.07, 6.45) is 2.21. The molecule has 2 fully saturated rings. The van der Waals surface area contributed by atoms with Crippen LogP contribution in [0, 0.1) is 12.8 Å². The van der Waals surface area contributed by atoms with E-state index in [1.807, 2.05) is 36.1 Å². The molecular formula is C21H33N3O2. The van der Waals surface area contributed by atoms with Gasteiger partial charge < -0.3 is 14.5 Å². The highest BCUT2D eigenvalue weighted by atomic mass is 16.5. The van der Waals surface area contributed by atoms with Crippen LogP contribution in [0.25, 0.3) is 0 Å². The standard InChI is InChI=1S/C21H33N3O2/c1-17-6-4-5-7-20(17)26-16-21(25)23-10-8-19(9-11-23)15-24-13-12-22(3)14-18(24)2/h4-7,18-19H,8-16H2,1-3H3/t18-/m0/s1. The van der Waals surface area contributed by atoms with Gasteiger partial charge in [-0.25, -0.2) is 0 Å². The van der Waals surface area contributed by atoms with Crippen molar-refractivity contribution in [3.05, 3.63) is 29.8 Å². The van der Waals surface area contributed by atoms with E-state index in [9.17, 15) is 4.79 Å². The number of piperazine rings is 1. The molecule has 3 rings (SSSR count). The zero-order chi connectivity index (χ0) is 18.5. The van der Waals surface area contributed by atoms with E-state index in [2.05, 4.69) is 23.8 Å². The fraction of sp³-hybridized carbons (Fsp3) is 0.667. The number of para-hydroxylation sites is 1. The van der Waals surface area contributed by atoms with Crippen molar-refractivity contribution in [1.82, 2.24) is 14.7 Å². The van der Waals surface area contributed by atoms with Gasteiger partial charge in [-0.1, -0.05) is 18.2 Å². The Hall–Kier alpha value is -1.59. The number of piperidine rings is 1. The normalized spacial score (nSPS) is 23.2. The largest absolute Gasteiger partial charge is 0.484 e. The first-order valence-corrected chi connectivity index (χ1v) is 9.91. The van der Waals surface area contributed by atoms with Crippen molar-refractivity contribution in [2.45, 2.75) is 32.7 Å². The molecule has 1 amide bonds. The Morgan fingerprint density at radius 3 is 2.58 bits per heavy atom. The van der Waals surface area contributed by atoms with Crippen molar-refractivity contribution in [3.8, 4) is 5.75 Å². The first-order chi connectivity index (χ1) is 12.5. The van der Waals surface area contributed by atoms with Crippen LogP contribution in [0.5, 0.6) is 5.75 Å². The van der Waals surface area contributed by atoms with Crippen molar-refractivity contribution < 1.29 is 9.53 Å². The summed E-state index contributed by atoms with van der Waals surface area (Å²) in [7, 11) is 2.21. The molecule has 5 heteroatoms. The molecule has 1 atom stereocenters. The quantitative estimate of drug-likeness (QED) is 0.808. The molecule has 0 aromatic heterocycles. The fourth-order valence-electron chi connectivity index (χ4n) is 4.09. The van der Waals surface area contributed by atoms with Crippen LogP contribution in [0.15, 0.2) is 24.3 Å². The summed E-state index contributed by atoms with van der Waals surface area (Å²) in [6, 6.07) is 8.49. The van der Waals surface area contributed by atoms with E-state index in [0.29, 0.717) is 12.0 Å². The number of rotatable bonds is 5. The summed E-state index contributed by atoms with van der Waals surface area (Å²) in [4.78, 5) is 19.5. The van der Waals surface area contributed by atoms with Gasteiger partial charge in [0, 0.05) is 45.3 Å². The summed E-state index contributed by atoms with van der Waals surface area (Å²) in [5.41, 5.74) is 1.07. The van der Waals surface area contributed by atoms with Crippen LogP contribution >= 0.6 is 0 Å². The molecular weight excluding hydrogens is 326 g/mol. The Balaban J connectivity index is 1.40. The van der Waals surface area contributed by atoms with Gasteiger partial charge in [0.25, 0.3) is 5.91 Å². The van der Waals surface area contributed by atoms with Gasteiger partial charge in [0.2, 0.25) is 0 Å². The summed E-state index contributed by atoms with van der Waals surface area (Å²) in [6.45, 7) is 10.9. The van der Waals surface area contributed by atoms with Crippen LogP contribution < -0.4 is 4.74 Å². The molecule has 0 aliphatic carbocycles. The number of nitrogens with zero attached hydrogens (tertiary/aromatic N) is 3. The molecule has 26 heavy (non-hydrogen) atoms. The van der Waals surface area contributed by atoms with Crippen LogP contribution in [0.1, 0.15) is 25.3 Å². The van der Waals surface area contributed by atoms with Gasteiger partial charge >= 0.3 is 0 Å². The maximum Gasteiger partial charge on any atom is 0.260 e. The zero-order valence-electron chi connectivity index (χ0n) is 16.5. The second-order valence-corrected chi connectivity index (χ2v) is 7.98. The molecule has 0 bridgehead atoms. The molecule has 1 aromatic carbocycles. The van der Waals surface area contributed by atoms with Crippen LogP contribution in [0.4, 0.5) is 0 Å². The molecule has 2 aliphatic heterocycles. The van der Waals surface area contributed by atoms with Crippen LogP contribution in [-0.4, -0.2) is 79.6 Å². The first-order valence-electron chi connectivity index (χ1n) is 9.91. The Morgan fingerprint density at radius 1 is 1.15 bits per heavy atom. The van der Waals surface area contributed by atoms with E-state index in [0.717, 1.165) is 50.3 Å². The molecule has 0 radical (unpaired) electrons. The minimum Gasteiger partial charge on any atom is -0.484 e. The smallest absolute Gasteiger partial charge is 0.260 e. The molecule has 144 valence electrons. The number of likely N-dealkylation sites (tertiary alicyclic amines) is 1. The maximum absolute atomic E-state index is 12.5. The van der Waals surface area contributed by atoms with Gasteiger partial charge in [0.15, 0.2) is 6.61 Å². The molecule has 5 nitrogen and oxygen atoms in total. The minimum atomic E-state index is 0.111. The highest BCUT2D eigenvalue weighted by molar-refractivity contribution is 5.77. The Morgan fingerprint density at radius 2 is 1.88 bits per heavy atom. The lowest BCUT2D eigenvalue weighted by Crippen LogP contribution is -2.52. The van der Waals surface area contributed by atoms with E-state index >= 15 is 0 Å². The first kappa shape index (κ1) is 19.2. The van der Waals surface area contributed by atoms with E-state index in [1.165, 1.54) is 13.1 Å². The number of amides is 1. The summed E-state index contributed by atoms with van der Waals surface area (Å²) >= 11 is 0. The number of ether oxygens (including phenoxy) is 1. The molecule has 0 saturated carbocycles. The molecule has 2 saturated heterocycles. The van der Waals surface area contributed by atoms with E-state index in [-0.39, 0.29) is 12.5 Å². The molecule has 2 aliphatic rings. The third kappa shape index (κ3) is 4.98. The summed E-state index contributed by atoms with van der Waals surface area (Å²) in [5.74, 6) is 1.63. The van der Waals surface area contributed by atoms with Gasteiger partial charge in [-0.3, -0.25) is 9.69 Å². The molecule has 2 heterocycles. The lowest BCUT2D eigenvalue weighted by Gasteiger charge is -2.41. The number of hydrogen-bond acceptors (Lipinski definition) is 4. The molecule has 1 aromatic rings. The van der Waals surface area contributed by atoms with Gasteiger partial charge in [-0.2, -0.15) is 0 Å². The monoisotopic (exact) mass is 359 g/mol. The summed E-state index contributed by atoms with van der Waals surface area (Å²) in [5, 5.41) is 0. The minimum absolute atomic E-state index is 0.111. The summed E-state index contributed by atoms with van der Waals surface area (Å²) < 4.78 is 5.72. The lowest BCUT2D eigenvalue weighted by molar-refractivity contribution is -0.134. The van der Waals surface area contributed by atoms with E-state index in [4.69, 9.17) is 4.74 Å². The van der Waals surface area contributed by atoms with E-state index < -0.39 is 0 Å². The number of likely N-dealkylation sites (N-methyl/N-ethyl adjacent to an activating group) is 1. The van der Waals surface area contributed by atoms with Crippen LogP contribution in [0.3, 0.4) is 0 Å². The average Bonchev–Trinajstić information content (AvgIpc) is 2.64. The Kier molecular flexibility index (Phi) is 6.54. The second kappa shape index (κ2) is 8.87. The number of aryl methyl sites for hydroxylation is 1. The number of carbonyl (C=O) groups is 1. The maximum atomic E-state index is 12.5. The van der Waals surface area contributed by atoms with Crippen molar-refractivity contribution in [2.24, 2.45) is 5.92 Å². The predicted octanol–water partition coefficient (Wildman–Crippen LogP) is 2.25. The fourth-order valence-corrected chi connectivity index (χ4v) is 4.09. The molecule has 0 spiro atoms. The van der Waals surface area contributed by atoms with Gasteiger partial charge in [0.05, 0.1) is 0 Å². The van der Waals surface area contributed by atoms with E-state index in [1.54, 1.807) is 0 Å². The Bertz CT molecular complexity index is 599. The zero-order valence-corrected chi connectivity index (χ0v) is 16.5. The third-order valence-electron chi connectivity index (χ3n) is 5.87. The van der Waals surface area contributed by atoms with Crippen molar-refractivity contribution in [1.29, 1.82) is 0 Å². The topological polar surface area (TPSA) is 36.0 Å². The molecule has 0 unspecified atom stereocenters. The van der Waals surface area contributed by atoms with Gasteiger partial charge in [0.1, 0.15) is 5.75 Å². The van der Waals surface area contributed by atoms with Gasteiger partial charge in [-0.15, -0.1) is 0 Å².